The molecule has 0 bridgehead atoms. The molecule has 9 heteroatoms. The van der Waals surface area contributed by atoms with E-state index in [1.807, 2.05) is 18.5 Å². The van der Waals surface area contributed by atoms with E-state index in [1.165, 1.54) is 18.2 Å². The standard InChI is InChI=1S/C22H19F2N7/c23-15-3-4-17(24)16(9-15)22-10-14(22)5-7-29(22)20-6-8-30-21(27-20)19(12-25-30)31-26-11-18(28-31)13-1-2-13/h3-4,6,8-9,11-14H,1-2,5,7,10H2/t14-,22+/m0/s1. The van der Waals surface area contributed by atoms with Crippen molar-refractivity contribution in [2.24, 2.45) is 5.92 Å². The van der Waals surface area contributed by atoms with Crippen molar-refractivity contribution in [3.63, 3.8) is 0 Å². The van der Waals surface area contributed by atoms with Crippen molar-refractivity contribution in [1.82, 2.24) is 29.6 Å². The van der Waals surface area contributed by atoms with Gasteiger partial charge in [0, 0.05) is 24.2 Å². The number of hydrogen-bond acceptors (Lipinski definition) is 5. The van der Waals surface area contributed by atoms with Crippen molar-refractivity contribution in [1.29, 1.82) is 0 Å². The lowest BCUT2D eigenvalue weighted by atomic mass is 10.0. The third-order valence-electron chi connectivity index (χ3n) is 6.98. The zero-order chi connectivity index (χ0) is 20.7. The molecule has 0 radical (unpaired) electrons. The van der Waals surface area contributed by atoms with Crippen LogP contribution in [0.1, 0.15) is 42.9 Å². The number of piperidine rings is 1. The fraction of sp³-hybridized carbons (Fsp3) is 0.364. The molecule has 3 aliphatic rings. The van der Waals surface area contributed by atoms with Gasteiger partial charge < -0.3 is 4.90 Å². The molecule has 4 aromatic rings. The van der Waals surface area contributed by atoms with E-state index in [-0.39, 0.29) is 5.82 Å². The van der Waals surface area contributed by atoms with Crippen LogP contribution in [0.4, 0.5) is 14.6 Å². The van der Waals surface area contributed by atoms with Crippen LogP contribution in [0.15, 0.2) is 42.9 Å². The van der Waals surface area contributed by atoms with Crippen molar-refractivity contribution in [3.05, 3.63) is 65.7 Å². The Labute approximate surface area is 176 Å². The molecule has 0 N–H and O–H groups in total. The molecule has 1 saturated heterocycles. The van der Waals surface area contributed by atoms with Crippen molar-refractivity contribution in [2.45, 2.75) is 37.1 Å². The highest BCUT2D eigenvalue weighted by atomic mass is 19.1. The number of benzene rings is 1. The average Bonchev–Trinajstić information content (AvgIpc) is 3.60. The molecule has 0 amide bonds. The molecule has 4 heterocycles. The Morgan fingerprint density at radius 2 is 1.94 bits per heavy atom. The molecule has 1 aliphatic heterocycles. The lowest BCUT2D eigenvalue weighted by molar-refractivity contribution is 0.544. The molecule has 31 heavy (non-hydrogen) atoms. The molecular formula is C22H19F2N7. The predicted molar refractivity (Wildman–Crippen MR) is 108 cm³/mol. The first-order chi connectivity index (χ1) is 15.1. The highest BCUT2D eigenvalue weighted by molar-refractivity contribution is 5.62. The van der Waals surface area contributed by atoms with Gasteiger partial charge in [-0.2, -0.15) is 15.3 Å². The number of halogens is 2. The quantitative estimate of drug-likeness (QED) is 0.506. The van der Waals surface area contributed by atoms with Crippen LogP contribution in [-0.4, -0.2) is 36.1 Å². The highest BCUT2D eigenvalue weighted by Crippen LogP contribution is 2.63. The molecule has 2 aliphatic carbocycles. The Morgan fingerprint density at radius 1 is 1.03 bits per heavy atom. The van der Waals surface area contributed by atoms with Gasteiger partial charge in [0.25, 0.3) is 0 Å². The van der Waals surface area contributed by atoms with Gasteiger partial charge in [-0.3, -0.25) is 0 Å². The van der Waals surface area contributed by atoms with E-state index in [0.717, 1.165) is 43.7 Å². The minimum Gasteiger partial charge on any atom is -0.346 e. The van der Waals surface area contributed by atoms with E-state index in [1.54, 1.807) is 15.5 Å². The molecule has 3 aromatic heterocycles. The van der Waals surface area contributed by atoms with Gasteiger partial charge >= 0.3 is 0 Å². The molecule has 2 atom stereocenters. The fourth-order valence-electron chi connectivity index (χ4n) is 5.19. The third-order valence-corrected chi connectivity index (χ3v) is 6.98. The maximum absolute atomic E-state index is 14.7. The molecule has 7 rings (SSSR count). The van der Waals surface area contributed by atoms with Gasteiger partial charge in [-0.15, -0.1) is 4.80 Å². The van der Waals surface area contributed by atoms with Crippen LogP contribution < -0.4 is 4.90 Å². The van der Waals surface area contributed by atoms with E-state index in [2.05, 4.69) is 20.2 Å². The second-order valence-corrected chi connectivity index (χ2v) is 8.81. The maximum atomic E-state index is 14.7. The summed E-state index contributed by atoms with van der Waals surface area (Å²) in [7, 11) is 0. The van der Waals surface area contributed by atoms with Crippen molar-refractivity contribution < 1.29 is 8.78 Å². The van der Waals surface area contributed by atoms with Crippen LogP contribution in [-0.2, 0) is 5.54 Å². The van der Waals surface area contributed by atoms with Crippen LogP contribution in [0.2, 0.25) is 0 Å². The summed E-state index contributed by atoms with van der Waals surface area (Å²) in [6.45, 7) is 0.749. The normalized spacial score (nSPS) is 24.7. The number of nitrogens with zero attached hydrogens (tertiary/aromatic N) is 7. The van der Waals surface area contributed by atoms with Gasteiger partial charge in [0.15, 0.2) is 11.3 Å². The van der Waals surface area contributed by atoms with E-state index in [0.29, 0.717) is 28.7 Å². The minimum atomic E-state index is -0.527. The second kappa shape index (κ2) is 5.87. The average molecular weight is 419 g/mol. The SMILES string of the molecule is Fc1ccc(F)c([C@@]23C[C@@H]2CCN3c2ccn3ncc(-n4ncc(C5CC5)n4)c3n2)c1. The number of hydrogen-bond donors (Lipinski definition) is 0. The number of aromatic nitrogens is 6. The number of rotatable bonds is 4. The molecule has 156 valence electrons. The van der Waals surface area contributed by atoms with E-state index >= 15 is 0 Å². The fourth-order valence-corrected chi connectivity index (χ4v) is 5.19. The van der Waals surface area contributed by atoms with Gasteiger partial charge in [-0.05, 0) is 55.9 Å². The first-order valence-electron chi connectivity index (χ1n) is 10.6. The zero-order valence-corrected chi connectivity index (χ0v) is 16.6. The van der Waals surface area contributed by atoms with Crippen molar-refractivity contribution in [3.8, 4) is 5.69 Å². The molecule has 3 fully saturated rings. The summed E-state index contributed by atoms with van der Waals surface area (Å²) in [5, 5.41) is 13.4. The van der Waals surface area contributed by atoms with Crippen LogP contribution >= 0.6 is 0 Å². The second-order valence-electron chi connectivity index (χ2n) is 8.81. The third kappa shape index (κ3) is 2.43. The summed E-state index contributed by atoms with van der Waals surface area (Å²) in [5.41, 5.74) is 2.23. The van der Waals surface area contributed by atoms with Crippen LogP contribution in [0, 0.1) is 17.6 Å². The monoisotopic (exact) mass is 419 g/mol. The van der Waals surface area contributed by atoms with Crippen LogP contribution in [0.5, 0.6) is 0 Å². The van der Waals surface area contributed by atoms with E-state index in [4.69, 9.17) is 4.98 Å². The van der Waals surface area contributed by atoms with E-state index < -0.39 is 11.4 Å². The topological polar surface area (TPSA) is 64.1 Å². The van der Waals surface area contributed by atoms with E-state index in [9.17, 15) is 8.78 Å². The molecule has 1 aromatic carbocycles. The first-order valence-corrected chi connectivity index (χ1v) is 10.6. The summed E-state index contributed by atoms with van der Waals surface area (Å²) < 4.78 is 30.3. The van der Waals surface area contributed by atoms with Crippen molar-refractivity contribution >= 4 is 11.5 Å². The van der Waals surface area contributed by atoms with Crippen molar-refractivity contribution in [2.75, 3.05) is 11.4 Å². The largest absolute Gasteiger partial charge is 0.346 e. The first kappa shape index (κ1) is 17.3. The number of fused-ring (bicyclic) bond motifs is 2. The summed E-state index contributed by atoms with van der Waals surface area (Å²) in [6.07, 6.45) is 9.40. The Bertz CT molecular complexity index is 1340. The van der Waals surface area contributed by atoms with Crippen LogP contribution in [0.3, 0.4) is 0 Å². The lowest BCUT2D eigenvalue weighted by Gasteiger charge is -2.30. The summed E-state index contributed by atoms with van der Waals surface area (Å²) in [5.74, 6) is 0.764. The molecule has 7 nitrogen and oxygen atoms in total. The van der Waals surface area contributed by atoms with Gasteiger partial charge in [-0.1, -0.05) is 0 Å². The smallest absolute Gasteiger partial charge is 0.184 e. The van der Waals surface area contributed by atoms with Gasteiger partial charge in [0.1, 0.15) is 17.5 Å². The molecule has 0 spiro atoms. The molecular weight excluding hydrogens is 400 g/mol. The molecule has 0 unspecified atom stereocenters. The van der Waals surface area contributed by atoms with Gasteiger partial charge in [0.05, 0.1) is 23.6 Å². The highest BCUT2D eigenvalue weighted by Gasteiger charge is 2.64. The van der Waals surface area contributed by atoms with Gasteiger partial charge in [0.2, 0.25) is 0 Å². The predicted octanol–water partition coefficient (Wildman–Crippen LogP) is 3.59. The van der Waals surface area contributed by atoms with Crippen LogP contribution in [0.25, 0.3) is 11.3 Å². The Hall–Kier alpha value is -3.36. The Balaban J connectivity index is 1.32. The van der Waals surface area contributed by atoms with Gasteiger partial charge in [-0.25, -0.2) is 18.3 Å². The lowest BCUT2D eigenvalue weighted by Crippen LogP contribution is -2.34. The summed E-state index contributed by atoms with van der Waals surface area (Å²) in [6, 6.07) is 5.61. The Kier molecular flexibility index (Phi) is 3.28. The number of anilines is 1. The zero-order valence-electron chi connectivity index (χ0n) is 16.6. The maximum Gasteiger partial charge on any atom is 0.184 e. The summed E-state index contributed by atoms with van der Waals surface area (Å²) in [4.78, 5) is 8.58. The Morgan fingerprint density at radius 3 is 2.77 bits per heavy atom. The minimum absolute atomic E-state index is 0.306. The summed E-state index contributed by atoms with van der Waals surface area (Å²) >= 11 is 0. The molecule has 2 saturated carbocycles.